The number of hydrogen-bond acceptors (Lipinski definition) is 9. The SMILES string of the molecule is COC(=O)[C@H](CCCCNC(=O)[C@@H](CCCNC(=O)OC(C)(C)C)CC(=O)OC(C)(C)C)NC(=O)OC(C)(C)C. The van der Waals surface area contributed by atoms with E-state index >= 15 is 0 Å². The van der Waals surface area contributed by atoms with E-state index in [0.717, 1.165) is 0 Å². The molecular formula is C28H51N3O9. The summed E-state index contributed by atoms with van der Waals surface area (Å²) in [7, 11) is 1.24. The molecule has 2 atom stereocenters. The highest BCUT2D eigenvalue weighted by atomic mass is 16.6. The average molecular weight is 574 g/mol. The lowest BCUT2D eigenvalue weighted by Gasteiger charge is -2.23. The van der Waals surface area contributed by atoms with Crippen molar-refractivity contribution < 1.29 is 42.9 Å². The Morgan fingerprint density at radius 3 is 1.70 bits per heavy atom. The minimum absolute atomic E-state index is 0.0975. The number of esters is 2. The van der Waals surface area contributed by atoms with Crippen LogP contribution in [0.4, 0.5) is 9.59 Å². The van der Waals surface area contributed by atoms with Gasteiger partial charge < -0.3 is 34.9 Å². The Balaban J connectivity index is 4.87. The molecule has 0 heterocycles. The number of hydrogen-bond donors (Lipinski definition) is 3. The van der Waals surface area contributed by atoms with Gasteiger partial charge in [-0.05, 0) is 94.4 Å². The van der Waals surface area contributed by atoms with Crippen molar-refractivity contribution in [2.75, 3.05) is 20.2 Å². The van der Waals surface area contributed by atoms with E-state index in [-0.39, 0.29) is 18.9 Å². The third-order valence-corrected chi connectivity index (χ3v) is 5.00. The van der Waals surface area contributed by atoms with Gasteiger partial charge in [-0.15, -0.1) is 0 Å². The summed E-state index contributed by atoms with van der Waals surface area (Å²) in [5, 5.41) is 8.00. The fraction of sp³-hybridized carbons (Fsp3) is 0.821. The van der Waals surface area contributed by atoms with E-state index in [9.17, 15) is 24.0 Å². The standard InChI is InChI=1S/C28H51N3O9/c1-26(2,3)38-21(32)18-19(14-13-17-30-24(35)39-27(4,5)6)22(33)29-16-12-11-15-20(23(34)37-10)31-25(36)40-28(7,8)9/h19-20H,11-18H2,1-10H3,(H,29,33)(H,30,35)(H,31,36)/t19-,20-/m0/s1. The number of unbranched alkanes of at least 4 members (excludes halogenated alkanes) is 1. The zero-order valence-corrected chi connectivity index (χ0v) is 26.0. The molecule has 0 radical (unpaired) electrons. The Hall–Kier alpha value is -3.05. The number of amides is 3. The molecular weight excluding hydrogens is 522 g/mol. The first-order valence-electron chi connectivity index (χ1n) is 13.8. The molecule has 40 heavy (non-hydrogen) atoms. The maximum Gasteiger partial charge on any atom is 0.408 e. The summed E-state index contributed by atoms with van der Waals surface area (Å²) in [6, 6.07) is -0.882. The van der Waals surface area contributed by atoms with Gasteiger partial charge in [0.05, 0.1) is 13.5 Å². The first kappa shape index (κ1) is 37.0. The highest BCUT2D eigenvalue weighted by Crippen LogP contribution is 2.17. The van der Waals surface area contributed by atoms with Crippen LogP contribution in [-0.4, -0.2) is 73.1 Å². The second kappa shape index (κ2) is 16.9. The van der Waals surface area contributed by atoms with E-state index in [2.05, 4.69) is 16.0 Å². The van der Waals surface area contributed by atoms with Crippen LogP contribution in [0, 0.1) is 5.92 Å². The highest BCUT2D eigenvalue weighted by Gasteiger charge is 2.27. The number of alkyl carbamates (subject to hydrolysis) is 2. The molecule has 0 saturated heterocycles. The molecule has 232 valence electrons. The van der Waals surface area contributed by atoms with Gasteiger partial charge in [-0.2, -0.15) is 0 Å². The van der Waals surface area contributed by atoms with Crippen molar-refractivity contribution in [1.29, 1.82) is 0 Å². The fourth-order valence-corrected chi connectivity index (χ4v) is 3.43. The van der Waals surface area contributed by atoms with Crippen LogP contribution < -0.4 is 16.0 Å². The van der Waals surface area contributed by atoms with Crippen molar-refractivity contribution in [2.24, 2.45) is 5.92 Å². The van der Waals surface area contributed by atoms with E-state index in [1.165, 1.54) is 7.11 Å². The van der Waals surface area contributed by atoms with E-state index in [1.807, 2.05) is 0 Å². The van der Waals surface area contributed by atoms with Crippen LogP contribution in [0.1, 0.15) is 101 Å². The molecule has 12 heteroatoms. The largest absolute Gasteiger partial charge is 0.467 e. The first-order chi connectivity index (χ1) is 18.2. The van der Waals surface area contributed by atoms with Gasteiger partial charge in [-0.1, -0.05) is 0 Å². The monoisotopic (exact) mass is 573 g/mol. The summed E-state index contributed by atoms with van der Waals surface area (Å²) in [5.41, 5.74) is -2.01. The maximum absolute atomic E-state index is 12.9. The lowest BCUT2D eigenvalue weighted by molar-refractivity contribution is -0.157. The molecule has 0 aliphatic carbocycles. The quantitative estimate of drug-likeness (QED) is 0.159. The molecule has 3 N–H and O–H groups in total. The van der Waals surface area contributed by atoms with Gasteiger partial charge in [0.1, 0.15) is 22.8 Å². The van der Waals surface area contributed by atoms with E-state index in [1.54, 1.807) is 62.3 Å². The summed E-state index contributed by atoms with van der Waals surface area (Å²) < 4.78 is 20.6. The molecule has 0 unspecified atom stereocenters. The van der Waals surface area contributed by atoms with Gasteiger partial charge in [0, 0.05) is 19.0 Å². The topological polar surface area (TPSA) is 158 Å². The van der Waals surface area contributed by atoms with Gasteiger partial charge in [-0.25, -0.2) is 14.4 Å². The van der Waals surface area contributed by atoms with Gasteiger partial charge in [0.2, 0.25) is 5.91 Å². The van der Waals surface area contributed by atoms with Gasteiger partial charge in [0.25, 0.3) is 0 Å². The van der Waals surface area contributed by atoms with Crippen LogP contribution in [0.25, 0.3) is 0 Å². The molecule has 0 bridgehead atoms. The summed E-state index contributed by atoms with van der Waals surface area (Å²) in [4.78, 5) is 61.3. The molecule has 12 nitrogen and oxygen atoms in total. The minimum Gasteiger partial charge on any atom is -0.467 e. The maximum atomic E-state index is 12.9. The van der Waals surface area contributed by atoms with E-state index < -0.39 is 52.9 Å². The summed E-state index contributed by atoms with van der Waals surface area (Å²) >= 11 is 0. The van der Waals surface area contributed by atoms with Crippen molar-refractivity contribution in [3.05, 3.63) is 0 Å². The molecule has 0 saturated carbocycles. The van der Waals surface area contributed by atoms with Crippen molar-refractivity contribution in [3.63, 3.8) is 0 Å². The Morgan fingerprint density at radius 1 is 0.650 bits per heavy atom. The summed E-state index contributed by atoms with van der Waals surface area (Å²) in [5.74, 6) is -2.03. The van der Waals surface area contributed by atoms with Crippen LogP contribution in [0.15, 0.2) is 0 Å². The Bertz CT molecular complexity index is 839. The number of rotatable bonds is 14. The lowest BCUT2D eigenvalue weighted by Crippen LogP contribution is -2.44. The minimum atomic E-state index is -0.882. The number of methoxy groups -OCH3 is 1. The third kappa shape index (κ3) is 19.9. The Labute approximate surface area is 239 Å². The second-order valence-electron chi connectivity index (χ2n) is 12.6. The van der Waals surface area contributed by atoms with Crippen LogP contribution in [-0.2, 0) is 33.3 Å². The Kier molecular flexibility index (Phi) is 15.6. The Morgan fingerprint density at radius 2 is 1.18 bits per heavy atom. The number of ether oxygens (including phenoxy) is 4. The zero-order chi connectivity index (χ0) is 31.1. The summed E-state index contributed by atoms with van der Waals surface area (Å²) in [6.07, 6.45) is 0.761. The molecule has 0 aliphatic heterocycles. The van der Waals surface area contributed by atoms with Crippen molar-refractivity contribution in [3.8, 4) is 0 Å². The molecule has 0 spiro atoms. The second-order valence-corrected chi connectivity index (χ2v) is 12.6. The predicted molar refractivity (Wildman–Crippen MR) is 149 cm³/mol. The smallest absolute Gasteiger partial charge is 0.408 e. The molecule has 0 rings (SSSR count). The zero-order valence-electron chi connectivity index (χ0n) is 26.0. The molecule has 3 amide bonds. The number of nitrogens with one attached hydrogen (secondary N) is 3. The van der Waals surface area contributed by atoms with Crippen molar-refractivity contribution >= 4 is 30.0 Å². The number of carbonyl (C=O) groups is 5. The molecule has 0 aromatic carbocycles. The number of carbonyl (C=O) groups excluding carboxylic acids is 5. The van der Waals surface area contributed by atoms with Crippen LogP contribution in [0.3, 0.4) is 0 Å². The molecule has 0 fully saturated rings. The van der Waals surface area contributed by atoms with Crippen LogP contribution in [0.2, 0.25) is 0 Å². The van der Waals surface area contributed by atoms with Crippen molar-refractivity contribution in [2.45, 2.75) is 124 Å². The fourth-order valence-electron chi connectivity index (χ4n) is 3.43. The van der Waals surface area contributed by atoms with E-state index in [0.29, 0.717) is 38.6 Å². The molecule has 0 aromatic rings. The van der Waals surface area contributed by atoms with Gasteiger partial charge in [0.15, 0.2) is 0 Å². The van der Waals surface area contributed by atoms with Gasteiger partial charge in [-0.3, -0.25) is 9.59 Å². The lowest BCUT2D eigenvalue weighted by atomic mass is 9.98. The molecule has 0 aliphatic rings. The van der Waals surface area contributed by atoms with Crippen LogP contribution in [0.5, 0.6) is 0 Å². The first-order valence-corrected chi connectivity index (χ1v) is 13.8. The normalized spacial score (nSPS) is 13.3. The highest BCUT2D eigenvalue weighted by molar-refractivity contribution is 5.84. The predicted octanol–water partition coefficient (Wildman–Crippen LogP) is 3.99. The van der Waals surface area contributed by atoms with Gasteiger partial charge >= 0.3 is 24.1 Å². The van der Waals surface area contributed by atoms with Crippen molar-refractivity contribution in [1.82, 2.24) is 16.0 Å². The third-order valence-electron chi connectivity index (χ3n) is 5.00. The average Bonchev–Trinajstić information content (AvgIpc) is 2.75. The molecule has 0 aromatic heterocycles. The van der Waals surface area contributed by atoms with E-state index in [4.69, 9.17) is 18.9 Å². The summed E-state index contributed by atoms with van der Waals surface area (Å²) in [6.45, 7) is 16.3. The van der Waals surface area contributed by atoms with Crippen LogP contribution >= 0.6 is 0 Å².